The Morgan fingerprint density at radius 1 is 1.13 bits per heavy atom. The van der Waals surface area contributed by atoms with Crippen molar-refractivity contribution in [2.45, 2.75) is 12.2 Å². The van der Waals surface area contributed by atoms with Crippen LogP contribution in [0.3, 0.4) is 0 Å². The van der Waals surface area contributed by atoms with Crippen LogP contribution >= 0.6 is 0 Å². The van der Waals surface area contributed by atoms with Crippen LogP contribution in [0.15, 0.2) is 30.7 Å². The Morgan fingerprint density at radius 2 is 1.87 bits per heavy atom. The largest absolute Gasteiger partial charge is 0.389 e. The zero-order valence-electron chi connectivity index (χ0n) is 12.2. The molecule has 8 nitrogen and oxygen atoms in total. The predicted molar refractivity (Wildman–Crippen MR) is 85.8 cm³/mol. The number of rotatable bonds is 2. The minimum Gasteiger partial charge on any atom is -0.389 e. The van der Waals surface area contributed by atoms with Crippen molar-refractivity contribution >= 4 is 22.7 Å². The molecule has 1 fully saturated rings. The fraction of sp³-hybridized carbons (Fsp3) is 0.267. The van der Waals surface area contributed by atoms with Gasteiger partial charge in [-0.05, 0) is 12.1 Å². The van der Waals surface area contributed by atoms with E-state index in [4.69, 9.17) is 5.73 Å². The zero-order chi connectivity index (χ0) is 16.0. The van der Waals surface area contributed by atoms with Crippen LogP contribution in [-0.2, 0) is 0 Å². The van der Waals surface area contributed by atoms with Crippen LogP contribution in [0.2, 0.25) is 0 Å². The molecular weight excluding hydrogens is 296 g/mol. The number of aromatic amines is 1. The molecule has 23 heavy (non-hydrogen) atoms. The summed E-state index contributed by atoms with van der Waals surface area (Å²) in [5.74, 6) is 0.203. The van der Waals surface area contributed by atoms with E-state index in [0.717, 1.165) is 16.6 Å². The van der Waals surface area contributed by atoms with Gasteiger partial charge < -0.3 is 25.8 Å². The van der Waals surface area contributed by atoms with E-state index in [1.54, 1.807) is 18.5 Å². The lowest BCUT2D eigenvalue weighted by Gasteiger charge is -2.19. The molecule has 2 atom stereocenters. The molecule has 0 aliphatic carbocycles. The average molecular weight is 312 g/mol. The molecule has 0 bridgehead atoms. The Bertz CT molecular complexity index is 854. The van der Waals surface area contributed by atoms with Gasteiger partial charge in [0.2, 0.25) is 5.95 Å². The third-order valence-corrected chi connectivity index (χ3v) is 4.10. The SMILES string of the molecule is Nc1nccc(-c2c[nH]c3nccc(N4C[C@@H](O)[C@H](O)C4)c23)n1. The highest BCUT2D eigenvalue weighted by Gasteiger charge is 2.31. The van der Waals surface area contributed by atoms with Crippen molar-refractivity contribution in [3.8, 4) is 11.3 Å². The topological polar surface area (TPSA) is 124 Å². The first kappa shape index (κ1) is 13.9. The number of fused-ring (bicyclic) bond motifs is 1. The number of aliphatic hydroxyl groups is 2. The second kappa shape index (κ2) is 5.18. The zero-order valence-corrected chi connectivity index (χ0v) is 12.2. The van der Waals surface area contributed by atoms with Gasteiger partial charge in [0.05, 0.1) is 29.0 Å². The molecule has 0 aromatic carbocycles. The van der Waals surface area contributed by atoms with Gasteiger partial charge >= 0.3 is 0 Å². The summed E-state index contributed by atoms with van der Waals surface area (Å²) in [4.78, 5) is 17.6. The maximum Gasteiger partial charge on any atom is 0.220 e. The fourth-order valence-electron chi connectivity index (χ4n) is 2.99. The first-order valence-electron chi connectivity index (χ1n) is 7.29. The summed E-state index contributed by atoms with van der Waals surface area (Å²) in [6, 6.07) is 3.65. The maximum absolute atomic E-state index is 9.82. The van der Waals surface area contributed by atoms with E-state index in [2.05, 4.69) is 19.9 Å². The second-order valence-corrected chi connectivity index (χ2v) is 5.60. The molecule has 3 aromatic heterocycles. The Morgan fingerprint density at radius 3 is 2.61 bits per heavy atom. The van der Waals surface area contributed by atoms with Crippen molar-refractivity contribution in [3.05, 3.63) is 30.7 Å². The summed E-state index contributed by atoms with van der Waals surface area (Å²) in [7, 11) is 0. The number of nitrogen functional groups attached to an aromatic ring is 1. The Hall–Kier alpha value is -2.71. The van der Waals surface area contributed by atoms with E-state index in [-0.39, 0.29) is 5.95 Å². The van der Waals surface area contributed by atoms with Crippen molar-refractivity contribution in [3.63, 3.8) is 0 Å². The summed E-state index contributed by atoms with van der Waals surface area (Å²) in [5.41, 5.74) is 8.83. The van der Waals surface area contributed by atoms with Crippen LogP contribution in [0.5, 0.6) is 0 Å². The Balaban J connectivity index is 1.88. The Kier molecular flexibility index (Phi) is 3.14. The van der Waals surface area contributed by atoms with Crippen LogP contribution in [-0.4, -0.2) is 55.4 Å². The van der Waals surface area contributed by atoms with E-state index in [9.17, 15) is 10.2 Å². The van der Waals surface area contributed by atoms with Gasteiger partial charge in [0.1, 0.15) is 5.65 Å². The summed E-state index contributed by atoms with van der Waals surface area (Å²) in [6.45, 7) is 0.744. The van der Waals surface area contributed by atoms with Gasteiger partial charge in [-0.25, -0.2) is 15.0 Å². The maximum atomic E-state index is 9.82. The van der Waals surface area contributed by atoms with Crippen molar-refractivity contribution in [1.82, 2.24) is 19.9 Å². The molecule has 4 rings (SSSR count). The quantitative estimate of drug-likeness (QED) is 0.530. The first-order chi connectivity index (χ1) is 11.1. The lowest BCUT2D eigenvalue weighted by atomic mass is 10.1. The van der Waals surface area contributed by atoms with Gasteiger partial charge in [0.25, 0.3) is 0 Å². The molecule has 118 valence electrons. The van der Waals surface area contributed by atoms with Crippen molar-refractivity contribution in [2.75, 3.05) is 23.7 Å². The number of aliphatic hydroxyl groups excluding tert-OH is 2. The van der Waals surface area contributed by atoms with Gasteiger partial charge in [0.15, 0.2) is 0 Å². The average Bonchev–Trinajstić information content (AvgIpc) is 3.11. The summed E-state index contributed by atoms with van der Waals surface area (Å²) >= 11 is 0. The number of nitrogens with zero attached hydrogens (tertiary/aromatic N) is 4. The summed E-state index contributed by atoms with van der Waals surface area (Å²) < 4.78 is 0. The fourth-order valence-corrected chi connectivity index (χ4v) is 2.99. The Labute approximate surface area is 131 Å². The second-order valence-electron chi connectivity index (χ2n) is 5.60. The minimum absolute atomic E-state index is 0.203. The third-order valence-electron chi connectivity index (χ3n) is 4.10. The van der Waals surface area contributed by atoms with Crippen LogP contribution in [0.1, 0.15) is 0 Å². The minimum atomic E-state index is -0.754. The van der Waals surface area contributed by atoms with Gasteiger partial charge in [-0.1, -0.05) is 0 Å². The molecule has 0 radical (unpaired) electrons. The number of hydrogen-bond donors (Lipinski definition) is 4. The smallest absolute Gasteiger partial charge is 0.220 e. The van der Waals surface area contributed by atoms with Gasteiger partial charge in [0, 0.05) is 37.2 Å². The highest BCUT2D eigenvalue weighted by molar-refractivity contribution is 6.02. The molecule has 3 aromatic rings. The molecule has 5 N–H and O–H groups in total. The number of H-pyrrole nitrogens is 1. The molecule has 1 saturated heterocycles. The summed E-state index contributed by atoms with van der Waals surface area (Å²) in [6.07, 6.45) is 3.62. The molecule has 1 aliphatic heterocycles. The van der Waals surface area contributed by atoms with E-state index < -0.39 is 12.2 Å². The molecular formula is C15H16N6O2. The first-order valence-corrected chi connectivity index (χ1v) is 7.29. The van der Waals surface area contributed by atoms with Crippen molar-refractivity contribution < 1.29 is 10.2 Å². The van der Waals surface area contributed by atoms with Crippen LogP contribution in [0, 0.1) is 0 Å². The number of aromatic nitrogens is 4. The highest BCUT2D eigenvalue weighted by Crippen LogP contribution is 2.35. The van der Waals surface area contributed by atoms with Crippen molar-refractivity contribution in [1.29, 1.82) is 0 Å². The number of nitrogens with two attached hydrogens (primary N) is 1. The number of β-amino-alcohol motifs (C(OH)–C–C–N with tert-alkyl or cyclic N) is 2. The number of nitrogens with one attached hydrogen (secondary N) is 1. The monoisotopic (exact) mass is 312 g/mol. The third kappa shape index (κ3) is 2.28. The molecule has 0 amide bonds. The molecule has 4 heterocycles. The van der Waals surface area contributed by atoms with Crippen LogP contribution in [0.25, 0.3) is 22.3 Å². The number of pyridine rings is 1. The molecule has 0 spiro atoms. The van der Waals surface area contributed by atoms with Crippen LogP contribution in [0.4, 0.5) is 11.6 Å². The lowest BCUT2D eigenvalue weighted by molar-refractivity contribution is 0.0572. The van der Waals surface area contributed by atoms with E-state index in [0.29, 0.717) is 24.4 Å². The van der Waals surface area contributed by atoms with Gasteiger partial charge in [-0.3, -0.25) is 0 Å². The van der Waals surface area contributed by atoms with E-state index >= 15 is 0 Å². The van der Waals surface area contributed by atoms with Crippen LogP contribution < -0.4 is 10.6 Å². The molecule has 8 heteroatoms. The van der Waals surface area contributed by atoms with E-state index in [1.165, 1.54) is 0 Å². The summed E-state index contributed by atoms with van der Waals surface area (Å²) in [5, 5.41) is 20.5. The van der Waals surface area contributed by atoms with Crippen molar-refractivity contribution in [2.24, 2.45) is 0 Å². The highest BCUT2D eigenvalue weighted by atomic mass is 16.3. The lowest BCUT2D eigenvalue weighted by Crippen LogP contribution is -2.22. The van der Waals surface area contributed by atoms with Gasteiger partial charge in [-0.15, -0.1) is 0 Å². The number of hydrogen-bond acceptors (Lipinski definition) is 7. The normalized spacial score (nSPS) is 21.2. The molecule has 1 aliphatic rings. The van der Waals surface area contributed by atoms with Gasteiger partial charge in [-0.2, -0.15) is 0 Å². The standard InChI is InChI=1S/C15H16N6O2/c16-15-18-3-1-9(20-15)8-5-19-14-13(8)10(2-4-17-14)21-6-11(22)12(23)7-21/h1-5,11-12,22-23H,6-7H2,(H,17,19)(H2,16,18,20)/t11-,12-/m1/s1. The number of anilines is 2. The van der Waals surface area contributed by atoms with E-state index in [1.807, 2.05) is 17.2 Å². The molecule has 0 saturated carbocycles. The predicted octanol–water partition coefficient (Wildman–Crippen LogP) is 0.144. The molecule has 0 unspecified atom stereocenters.